The molecule has 0 unspecified atom stereocenters. The van der Waals surface area contributed by atoms with Crippen molar-refractivity contribution in [3.63, 3.8) is 0 Å². The number of tetrazole rings is 1. The molecule has 13 heteroatoms. The van der Waals surface area contributed by atoms with Crippen LogP contribution in [0.1, 0.15) is 32.5 Å². The second kappa shape index (κ2) is 10.4. The highest BCUT2D eigenvalue weighted by Gasteiger charge is 2.25. The molecule has 1 N–H and O–H groups in total. The second-order valence-electron chi connectivity index (χ2n) is 6.56. The molecular formula is C20H21N5O6S2. The molecule has 0 spiro atoms. The molecule has 1 aromatic carbocycles. The van der Waals surface area contributed by atoms with Gasteiger partial charge in [0.25, 0.3) is 0 Å². The number of nitrogens with one attached hydrogen (secondary N) is 1. The number of benzene rings is 1. The van der Waals surface area contributed by atoms with Crippen LogP contribution in [-0.2, 0) is 9.53 Å². The molecule has 0 fully saturated rings. The molecular weight excluding hydrogens is 470 g/mol. The van der Waals surface area contributed by atoms with Gasteiger partial charge in [0, 0.05) is 6.07 Å². The Balaban J connectivity index is 1.80. The molecule has 11 nitrogen and oxygen atoms in total. The first kappa shape index (κ1) is 24.2. The van der Waals surface area contributed by atoms with E-state index in [0.29, 0.717) is 32.8 Å². The van der Waals surface area contributed by atoms with Crippen LogP contribution in [0, 0.1) is 6.92 Å². The molecule has 2 aromatic heterocycles. The number of anilines is 1. The molecule has 0 saturated carbocycles. The van der Waals surface area contributed by atoms with E-state index in [1.54, 1.807) is 25.1 Å². The Morgan fingerprint density at radius 2 is 1.94 bits per heavy atom. The van der Waals surface area contributed by atoms with Crippen LogP contribution < -0.4 is 14.8 Å². The van der Waals surface area contributed by atoms with E-state index in [9.17, 15) is 14.4 Å². The average Bonchev–Trinajstić information content (AvgIpc) is 3.40. The van der Waals surface area contributed by atoms with Crippen molar-refractivity contribution >= 4 is 45.8 Å². The molecule has 0 bridgehead atoms. The largest absolute Gasteiger partial charge is 0.497 e. The second-order valence-corrected chi connectivity index (χ2v) is 8.52. The maximum Gasteiger partial charge on any atom is 0.341 e. The Kier molecular flexibility index (Phi) is 7.66. The number of thioether (sulfide) groups is 1. The van der Waals surface area contributed by atoms with Crippen LogP contribution in [0.2, 0.25) is 0 Å². The predicted octanol–water partition coefficient (Wildman–Crippen LogP) is 2.77. The number of carbonyl (C=O) groups excluding carboxylic acids is 3. The number of hydrogen-bond donors (Lipinski definition) is 1. The maximum atomic E-state index is 12.6. The zero-order chi connectivity index (χ0) is 24.1. The zero-order valence-electron chi connectivity index (χ0n) is 18.5. The van der Waals surface area contributed by atoms with Crippen LogP contribution in [0.25, 0.3) is 5.69 Å². The smallest absolute Gasteiger partial charge is 0.341 e. The van der Waals surface area contributed by atoms with E-state index < -0.39 is 11.9 Å². The number of methoxy groups -OCH3 is 3. The number of hydrogen-bond acceptors (Lipinski definition) is 11. The predicted molar refractivity (Wildman–Crippen MR) is 122 cm³/mol. The SMILES string of the molecule is COC(=O)c1c(NC(=O)CSc2nnnn2-c2cc(OC)ccc2OC)sc(C(C)=O)c1C. The van der Waals surface area contributed by atoms with Crippen molar-refractivity contribution < 1.29 is 28.6 Å². The van der Waals surface area contributed by atoms with Crippen molar-refractivity contribution in [2.24, 2.45) is 0 Å². The lowest BCUT2D eigenvalue weighted by Gasteiger charge is -2.11. The van der Waals surface area contributed by atoms with Gasteiger partial charge < -0.3 is 19.5 Å². The normalized spacial score (nSPS) is 10.6. The van der Waals surface area contributed by atoms with Gasteiger partial charge in [0.15, 0.2) is 5.78 Å². The van der Waals surface area contributed by atoms with E-state index in [1.165, 1.54) is 32.9 Å². The van der Waals surface area contributed by atoms with Gasteiger partial charge >= 0.3 is 5.97 Å². The van der Waals surface area contributed by atoms with Crippen LogP contribution in [0.15, 0.2) is 23.4 Å². The lowest BCUT2D eigenvalue weighted by Crippen LogP contribution is -2.16. The third-order valence-corrected chi connectivity index (χ3v) is 6.72. The Labute approximate surface area is 197 Å². The molecule has 0 saturated heterocycles. The van der Waals surface area contributed by atoms with Crippen molar-refractivity contribution in [1.29, 1.82) is 0 Å². The van der Waals surface area contributed by atoms with Gasteiger partial charge in [-0.15, -0.1) is 16.4 Å². The molecule has 0 radical (unpaired) electrons. The van der Waals surface area contributed by atoms with Gasteiger partial charge in [-0.2, -0.15) is 4.68 Å². The van der Waals surface area contributed by atoms with Gasteiger partial charge in [-0.3, -0.25) is 9.59 Å². The molecule has 174 valence electrons. The number of esters is 1. The number of thiophene rings is 1. The molecule has 0 atom stereocenters. The number of carbonyl (C=O) groups is 3. The minimum atomic E-state index is -0.631. The van der Waals surface area contributed by atoms with E-state index in [4.69, 9.17) is 14.2 Å². The highest BCUT2D eigenvalue weighted by Crippen LogP contribution is 2.34. The van der Waals surface area contributed by atoms with E-state index in [-0.39, 0.29) is 22.1 Å². The van der Waals surface area contributed by atoms with Crippen LogP contribution >= 0.6 is 23.1 Å². The fourth-order valence-corrected chi connectivity index (χ4v) is 4.75. The number of Topliss-reactive ketones (excluding diaryl/α,β-unsaturated/α-hetero) is 1. The number of ketones is 1. The summed E-state index contributed by atoms with van der Waals surface area (Å²) in [5.74, 6) is -0.201. The summed E-state index contributed by atoms with van der Waals surface area (Å²) in [7, 11) is 4.30. The standard InChI is InChI=1S/C20H21N5O6S2/c1-10-16(19(28)31-5)18(33-17(10)11(2)26)21-15(27)9-32-20-22-23-24-25(20)13-8-12(29-3)6-7-14(13)30-4/h6-8H,9H2,1-5H3,(H,21,27). The molecule has 0 aliphatic rings. The number of aromatic nitrogens is 4. The van der Waals surface area contributed by atoms with Gasteiger partial charge in [0.2, 0.25) is 11.1 Å². The molecule has 0 aliphatic carbocycles. The lowest BCUT2D eigenvalue weighted by atomic mass is 10.1. The lowest BCUT2D eigenvalue weighted by molar-refractivity contribution is -0.113. The highest BCUT2D eigenvalue weighted by molar-refractivity contribution is 7.99. The van der Waals surface area contributed by atoms with E-state index in [1.807, 2.05) is 0 Å². The highest BCUT2D eigenvalue weighted by atomic mass is 32.2. The average molecular weight is 492 g/mol. The number of nitrogens with zero attached hydrogens (tertiary/aromatic N) is 4. The number of ether oxygens (including phenoxy) is 3. The first-order chi connectivity index (χ1) is 15.8. The Bertz CT molecular complexity index is 1210. The van der Waals surface area contributed by atoms with E-state index in [0.717, 1.165) is 23.1 Å². The van der Waals surface area contributed by atoms with Crippen LogP contribution in [0.4, 0.5) is 5.00 Å². The monoisotopic (exact) mass is 491 g/mol. The third kappa shape index (κ3) is 5.14. The maximum absolute atomic E-state index is 12.6. The van der Waals surface area contributed by atoms with Gasteiger partial charge in [-0.25, -0.2) is 4.79 Å². The van der Waals surface area contributed by atoms with Gasteiger partial charge in [-0.05, 0) is 42.0 Å². The van der Waals surface area contributed by atoms with Crippen LogP contribution in [0.3, 0.4) is 0 Å². The molecule has 3 aromatic rings. The zero-order valence-corrected chi connectivity index (χ0v) is 20.1. The van der Waals surface area contributed by atoms with Crippen LogP contribution in [-0.4, -0.2) is 64.9 Å². The van der Waals surface area contributed by atoms with Crippen molar-refractivity contribution in [3.05, 3.63) is 34.2 Å². The molecule has 33 heavy (non-hydrogen) atoms. The summed E-state index contributed by atoms with van der Waals surface area (Å²) >= 11 is 2.12. The Morgan fingerprint density at radius 1 is 1.18 bits per heavy atom. The van der Waals surface area contributed by atoms with Crippen molar-refractivity contribution in [2.75, 3.05) is 32.4 Å². The quantitative estimate of drug-likeness (QED) is 0.270. The number of amides is 1. The summed E-state index contributed by atoms with van der Waals surface area (Å²) in [5, 5.41) is 14.9. The molecule has 0 aliphatic heterocycles. The first-order valence-electron chi connectivity index (χ1n) is 9.46. The summed E-state index contributed by atoms with van der Waals surface area (Å²) in [4.78, 5) is 37.1. The third-order valence-electron chi connectivity index (χ3n) is 4.50. The van der Waals surface area contributed by atoms with Gasteiger partial charge in [0.05, 0.1) is 37.5 Å². The summed E-state index contributed by atoms with van der Waals surface area (Å²) in [6.07, 6.45) is 0. The van der Waals surface area contributed by atoms with Gasteiger partial charge in [0.1, 0.15) is 22.2 Å². The summed E-state index contributed by atoms with van der Waals surface area (Å²) in [5.41, 5.74) is 1.17. The summed E-state index contributed by atoms with van der Waals surface area (Å²) in [6, 6.07) is 5.17. The Morgan fingerprint density at radius 3 is 2.58 bits per heavy atom. The van der Waals surface area contributed by atoms with Crippen LogP contribution in [0.5, 0.6) is 11.5 Å². The summed E-state index contributed by atoms with van der Waals surface area (Å²) in [6.45, 7) is 3.04. The van der Waals surface area contributed by atoms with Crippen molar-refractivity contribution in [2.45, 2.75) is 19.0 Å². The molecule has 2 heterocycles. The minimum Gasteiger partial charge on any atom is -0.497 e. The fraction of sp³-hybridized carbons (Fsp3) is 0.300. The minimum absolute atomic E-state index is 0.0559. The van der Waals surface area contributed by atoms with Crippen molar-refractivity contribution in [3.8, 4) is 17.2 Å². The van der Waals surface area contributed by atoms with Crippen molar-refractivity contribution in [1.82, 2.24) is 20.2 Å². The van der Waals surface area contributed by atoms with E-state index in [2.05, 4.69) is 20.8 Å². The topological polar surface area (TPSA) is 135 Å². The Hall–Kier alpha value is -3.45. The first-order valence-corrected chi connectivity index (χ1v) is 11.3. The molecule has 3 rings (SSSR count). The summed E-state index contributed by atoms with van der Waals surface area (Å²) < 4.78 is 16.9. The van der Waals surface area contributed by atoms with E-state index >= 15 is 0 Å². The van der Waals surface area contributed by atoms with Gasteiger partial charge in [-0.1, -0.05) is 11.8 Å². The fourth-order valence-electron chi connectivity index (χ4n) is 2.96. The number of rotatable bonds is 9. The molecule has 1 amide bonds.